The predicted molar refractivity (Wildman–Crippen MR) is 129 cm³/mol. The largest absolute Gasteiger partial charge is 0.381 e. The lowest BCUT2D eigenvalue weighted by atomic mass is 10.0. The molecule has 0 fully saturated rings. The second-order valence-electron chi connectivity index (χ2n) is 8.25. The fourth-order valence-corrected chi connectivity index (χ4v) is 3.87. The second-order valence-corrected chi connectivity index (χ2v) is 8.25. The highest BCUT2D eigenvalue weighted by Crippen LogP contribution is 2.24. The molecule has 5 aromatic rings. The van der Waals surface area contributed by atoms with E-state index in [9.17, 15) is 4.79 Å². The minimum Gasteiger partial charge on any atom is -0.381 e. The van der Waals surface area contributed by atoms with Gasteiger partial charge in [-0.15, -0.1) is 9.78 Å². The molecule has 3 aromatic heterocycles. The van der Waals surface area contributed by atoms with Crippen LogP contribution >= 0.6 is 0 Å². The standard InChI is InChI=1S/C25H24N6O2/c1-16(2)18-10-8-17(9-11-18)14-27-31-23-21(25(32)30(15-26-23)12-13-33-3)22-24(31)29-20-7-5-4-6-19(20)28-22/h4-11,14-16H,12-13H2,1-3H3/p+1/b27-14+. The van der Waals surface area contributed by atoms with E-state index in [0.717, 1.165) is 16.6 Å². The lowest BCUT2D eigenvalue weighted by Gasteiger charge is -2.04. The smallest absolute Gasteiger partial charge is 0.322 e. The first kappa shape index (κ1) is 21.0. The molecule has 0 saturated heterocycles. The van der Waals surface area contributed by atoms with E-state index < -0.39 is 0 Å². The van der Waals surface area contributed by atoms with Gasteiger partial charge in [0, 0.05) is 7.11 Å². The van der Waals surface area contributed by atoms with Crippen molar-refractivity contribution in [1.29, 1.82) is 0 Å². The zero-order valence-electron chi connectivity index (χ0n) is 18.8. The van der Waals surface area contributed by atoms with E-state index in [1.165, 1.54) is 5.56 Å². The summed E-state index contributed by atoms with van der Waals surface area (Å²) in [6, 6.07) is 15.9. The van der Waals surface area contributed by atoms with Gasteiger partial charge in [-0.25, -0.2) is 24.3 Å². The van der Waals surface area contributed by atoms with Gasteiger partial charge in [0.15, 0.2) is 11.7 Å². The van der Waals surface area contributed by atoms with Crippen molar-refractivity contribution in [2.75, 3.05) is 13.7 Å². The van der Waals surface area contributed by atoms with Crippen molar-refractivity contribution in [3.05, 3.63) is 76.3 Å². The normalized spacial score (nSPS) is 12.1. The number of ether oxygens (including phenoxy) is 1. The Bertz CT molecular complexity index is 1550. The number of aromatic nitrogens is 5. The third kappa shape index (κ3) is 3.78. The molecule has 0 bridgehead atoms. The van der Waals surface area contributed by atoms with Gasteiger partial charge in [0.2, 0.25) is 5.65 Å². The molecule has 0 atom stereocenters. The van der Waals surface area contributed by atoms with Gasteiger partial charge in [0.05, 0.1) is 30.4 Å². The molecule has 0 saturated carbocycles. The van der Waals surface area contributed by atoms with Crippen LogP contribution < -0.4 is 10.5 Å². The Balaban J connectivity index is 1.72. The molecule has 0 spiro atoms. The molecular formula is C25H25N6O2+. The highest BCUT2D eigenvalue weighted by atomic mass is 16.5. The maximum absolute atomic E-state index is 13.3. The van der Waals surface area contributed by atoms with Crippen molar-refractivity contribution in [3.8, 4) is 0 Å². The topological polar surface area (TPSA) is 88.4 Å². The first-order valence-corrected chi connectivity index (χ1v) is 10.9. The highest BCUT2D eigenvalue weighted by molar-refractivity contribution is 6.03. The maximum atomic E-state index is 13.3. The van der Waals surface area contributed by atoms with Crippen molar-refractivity contribution in [1.82, 2.24) is 19.2 Å². The monoisotopic (exact) mass is 441 g/mol. The SMILES string of the molecule is COCCn1c[nH+]c2c(c1=O)c1nc3ccccc3nc1n2/N=C/c1ccc(C(C)C)cc1. The lowest BCUT2D eigenvalue weighted by molar-refractivity contribution is -0.357. The molecule has 0 aliphatic carbocycles. The summed E-state index contributed by atoms with van der Waals surface area (Å²) in [4.78, 5) is 26.1. The summed E-state index contributed by atoms with van der Waals surface area (Å²) < 4.78 is 8.38. The summed E-state index contributed by atoms with van der Waals surface area (Å²) >= 11 is 0. The van der Waals surface area contributed by atoms with E-state index in [1.54, 1.807) is 28.9 Å². The van der Waals surface area contributed by atoms with Crippen molar-refractivity contribution >= 4 is 39.4 Å². The van der Waals surface area contributed by atoms with E-state index in [4.69, 9.17) is 19.8 Å². The third-order valence-electron chi connectivity index (χ3n) is 5.73. The number of para-hydroxylation sites is 2. The van der Waals surface area contributed by atoms with Gasteiger partial charge in [-0.2, -0.15) is 0 Å². The van der Waals surface area contributed by atoms with Crippen LogP contribution in [0.2, 0.25) is 0 Å². The summed E-state index contributed by atoms with van der Waals surface area (Å²) in [6.07, 6.45) is 3.41. The molecule has 0 amide bonds. The Kier molecular flexibility index (Phi) is 5.43. The lowest BCUT2D eigenvalue weighted by Crippen LogP contribution is -2.28. The number of nitrogens with zero attached hydrogens (tertiary/aromatic N) is 5. The summed E-state index contributed by atoms with van der Waals surface area (Å²) in [5.41, 5.74) is 5.12. The van der Waals surface area contributed by atoms with Gasteiger partial charge in [-0.1, -0.05) is 50.2 Å². The fourth-order valence-electron chi connectivity index (χ4n) is 3.87. The molecule has 3 heterocycles. The number of benzene rings is 2. The second kappa shape index (κ2) is 8.55. The van der Waals surface area contributed by atoms with E-state index in [2.05, 4.69) is 31.0 Å². The number of H-pyrrole nitrogens is 1. The number of fused-ring (bicyclic) bond motifs is 4. The number of hydrogen-bond acceptors (Lipinski definition) is 5. The minimum absolute atomic E-state index is 0.161. The molecule has 5 rings (SSSR count). The van der Waals surface area contributed by atoms with Gasteiger partial charge < -0.3 is 4.74 Å². The van der Waals surface area contributed by atoms with Crippen LogP contribution in [0.15, 0.2) is 64.8 Å². The number of nitrogens with one attached hydrogen (secondary N) is 1. The predicted octanol–water partition coefficient (Wildman–Crippen LogP) is 3.37. The summed E-state index contributed by atoms with van der Waals surface area (Å²) in [5, 5.41) is 5.15. The van der Waals surface area contributed by atoms with Crippen LogP contribution in [0.5, 0.6) is 0 Å². The molecule has 166 valence electrons. The van der Waals surface area contributed by atoms with Gasteiger partial charge in [-0.05, 0) is 29.2 Å². The van der Waals surface area contributed by atoms with Gasteiger partial charge in [0.1, 0.15) is 5.52 Å². The molecule has 8 nitrogen and oxygen atoms in total. The average molecular weight is 442 g/mol. The van der Waals surface area contributed by atoms with E-state index in [-0.39, 0.29) is 5.56 Å². The zero-order valence-corrected chi connectivity index (χ0v) is 18.8. The molecule has 0 unspecified atom stereocenters. The van der Waals surface area contributed by atoms with Gasteiger partial charge >= 0.3 is 5.56 Å². The average Bonchev–Trinajstić information content (AvgIpc) is 3.14. The maximum Gasteiger partial charge on any atom is 0.322 e. The van der Waals surface area contributed by atoms with E-state index in [1.807, 2.05) is 36.4 Å². The zero-order chi connectivity index (χ0) is 22.9. The van der Waals surface area contributed by atoms with Crippen LogP contribution in [0.3, 0.4) is 0 Å². The van der Waals surface area contributed by atoms with Crippen molar-refractivity contribution in [2.24, 2.45) is 5.10 Å². The van der Waals surface area contributed by atoms with Crippen LogP contribution in [0.1, 0.15) is 30.9 Å². The van der Waals surface area contributed by atoms with Gasteiger partial charge in [0.25, 0.3) is 5.65 Å². The molecule has 0 radical (unpaired) electrons. The quantitative estimate of drug-likeness (QED) is 0.378. The molecule has 0 aliphatic heterocycles. The Hall–Kier alpha value is -3.91. The highest BCUT2D eigenvalue weighted by Gasteiger charge is 2.24. The van der Waals surface area contributed by atoms with E-state index in [0.29, 0.717) is 41.3 Å². The molecule has 1 N–H and O–H groups in total. The van der Waals surface area contributed by atoms with Gasteiger partial charge in [-0.3, -0.25) is 0 Å². The summed E-state index contributed by atoms with van der Waals surface area (Å²) in [7, 11) is 1.61. The first-order chi connectivity index (χ1) is 16.1. The Morgan fingerprint density at radius 1 is 1.09 bits per heavy atom. The number of hydrogen-bond donors (Lipinski definition) is 0. The first-order valence-electron chi connectivity index (χ1n) is 10.9. The molecule has 33 heavy (non-hydrogen) atoms. The van der Waals surface area contributed by atoms with Crippen molar-refractivity contribution < 1.29 is 9.72 Å². The van der Waals surface area contributed by atoms with Crippen LogP contribution in [-0.2, 0) is 11.3 Å². The summed E-state index contributed by atoms with van der Waals surface area (Å²) in [6.45, 7) is 5.19. The number of aromatic amines is 1. The molecule has 8 heteroatoms. The Morgan fingerprint density at radius 3 is 2.52 bits per heavy atom. The Labute approximate surface area is 190 Å². The third-order valence-corrected chi connectivity index (χ3v) is 5.73. The fraction of sp³-hybridized carbons (Fsp3) is 0.240. The van der Waals surface area contributed by atoms with Crippen molar-refractivity contribution in [3.63, 3.8) is 0 Å². The number of methoxy groups -OCH3 is 1. The van der Waals surface area contributed by atoms with Crippen LogP contribution in [0, 0.1) is 0 Å². The van der Waals surface area contributed by atoms with Crippen LogP contribution in [0.25, 0.3) is 33.2 Å². The number of rotatable bonds is 6. The van der Waals surface area contributed by atoms with Crippen molar-refractivity contribution in [2.45, 2.75) is 26.3 Å². The molecule has 0 aliphatic rings. The summed E-state index contributed by atoms with van der Waals surface area (Å²) in [5.74, 6) is 0.465. The van der Waals surface area contributed by atoms with E-state index >= 15 is 0 Å². The molecular weight excluding hydrogens is 416 g/mol. The molecule has 2 aromatic carbocycles. The Morgan fingerprint density at radius 2 is 1.82 bits per heavy atom. The van der Waals surface area contributed by atoms with Crippen LogP contribution in [0.4, 0.5) is 0 Å². The minimum atomic E-state index is -0.161. The van der Waals surface area contributed by atoms with Crippen LogP contribution in [-0.4, -0.2) is 39.1 Å².